The summed E-state index contributed by atoms with van der Waals surface area (Å²) in [6.07, 6.45) is 3.72. The van der Waals surface area contributed by atoms with Gasteiger partial charge in [0.15, 0.2) is 5.40 Å². The summed E-state index contributed by atoms with van der Waals surface area (Å²) in [4.78, 5) is 60.3. The van der Waals surface area contributed by atoms with E-state index in [9.17, 15) is 18.7 Å². The number of nitrogens with zero attached hydrogens (tertiary/aromatic N) is 1. The summed E-state index contributed by atoms with van der Waals surface area (Å²) in [5, 5.41) is -1.98. The van der Waals surface area contributed by atoms with E-state index in [4.69, 9.17) is 24.3 Å². The fraction of sp³-hybridized carbons (Fsp3) is 0.600. The van der Waals surface area contributed by atoms with Crippen molar-refractivity contribution in [1.29, 1.82) is 0 Å². The summed E-state index contributed by atoms with van der Waals surface area (Å²) in [6, 6.07) is 0. The number of hydrogen-bond acceptors (Lipinski definition) is 5. The van der Waals surface area contributed by atoms with Gasteiger partial charge in [0.05, 0.1) is 6.54 Å². The van der Waals surface area contributed by atoms with E-state index in [1.165, 1.54) is 4.90 Å². The van der Waals surface area contributed by atoms with Crippen LogP contribution in [0.5, 0.6) is 0 Å². The van der Waals surface area contributed by atoms with E-state index in [1.807, 2.05) is 0 Å². The Morgan fingerprint density at radius 1 is 0.926 bits per heavy atom. The van der Waals surface area contributed by atoms with Gasteiger partial charge < -0.3 is 29.2 Å². The zero-order valence-corrected chi connectivity index (χ0v) is 16.8. The monoisotopic (exact) mass is 427 g/mol. The van der Waals surface area contributed by atoms with E-state index < -0.39 is 26.6 Å². The van der Waals surface area contributed by atoms with Crippen molar-refractivity contribution in [3.63, 3.8) is 0 Å². The summed E-state index contributed by atoms with van der Waals surface area (Å²) in [6.45, 7) is 7.21. The molecular formula is C15H27NO9P2. The van der Waals surface area contributed by atoms with Crippen LogP contribution in [0.4, 0.5) is 0 Å². The van der Waals surface area contributed by atoms with E-state index in [0.29, 0.717) is 25.8 Å². The summed E-state index contributed by atoms with van der Waals surface area (Å²) in [5.74, 6) is -0.918. The summed E-state index contributed by atoms with van der Waals surface area (Å²) in [7, 11) is -9.77. The predicted octanol–water partition coefficient (Wildman–Crippen LogP) is 1.36. The first-order valence-electron chi connectivity index (χ1n) is 8.24. The fourth-order valence-corrected chi connectivity index (χ4v) is 4.90. The number of ether oxygens (including phenoxy) is 1. The molecule has 4 N–H and O–H groups in total. The molecular weight excluding hydrogens is 400 g/mol. The smallest absolute Gasteiger partial charge is 0.340 e. The first-order chi connectivity index (χ1) is 12.4. The molecule has 0 aromatic rings. The van der Waals surface area contributed by atoms with Crippen LogP contribution in [-0.2, 0) is 23.5 Å². The quantitative estimate of drug-likeness (QED) is 0.139. The number of carbonyl (C=O) groups is 2. The highest BCUT2D eigenvalue weighted by atomic mass is 31.2. The molecule has 0 bridgehead atoms. The van der Waals surface area contributed by atoms with E-state index in [2.05, 4.69) is 13.2 Å². The molecule has 12 heteroatoms. The molecule has 0 aromatic heterocycles. The Morgan fingerprint density at radius 2 is 1.48 bits per heavy atom. The predicted molar refractivity (Wildman–Crippen MR) is 98.9 cm³/mol. The van der Waals surface area contributed by atoms with Gasteiger partial charge in [0.2, 0.25) is 5.91 Å². The van der Waals surface area contributed by atoms with Crippen molar-refractivity contribution in [2.24, 2.45) is 0 Å². The van der Waals surface area contributed by atoms with Crippen LogP contribution in [0.25, 0.3) is 0 Å². The highest BCUT2D eigenvalue weighted by Crippen LogP contribution is 2.61. The highest BCUT2D eigenvalue weighted by molar-refractivity contribution is 7.70. The Hall–Kier alpha value is -1.28. The minimum atomic E-state index is -4.88. The summed E-state index contributed by atoms with van der Waals surface area (Å²) < 4.78 is 27.2. The maximum atomic E-state index is 11.8. The van der Waals surface area contributed by atoms with Crippen molar-refractivity contribution in [3.05, 3.63) is 25.3 Å². The van der Waals surface area contributed by atoms with Crippen molar-refractivity contribution < 1.29 is 43.0 Å². The fourth-order valence-electron chi connectivity index (χ4n) is 2.29. The second-order valence-electron chi connectivity index (χ2n) is 5.76. The largest absolute Gasteiger partial charge is 0.461 e. The molecule has 0 aromatic carbocycles. The third-order valence-corrected chi connectivity index (χ3v) is 7.55. The van der Waals surface area contributed by atoms with E-state index in [-0.39, 0.29) is 31.9 Å². The Labute approximate surface area is 158 Å². The van der Waals surface area contributed by atoms with E-state index in [1.54, 1.807) is 0 Å². The van der Waals surface area contributed by atoms with E-state index >= 15 is 0 Å². The Kier molecular flexibility index (Phi) is 11.7. The maximum Gasteiger partial charge on any atom is 0.340 e. The van der Waals surface area contributed by atoms with Crippen molar-refractivity contribution >= 4 is 27.1 Å². The molecule has 0 rings (SSSR count). The number of unbranched alkanes of at least 4 members (excludes halogenated alkanes) is 3. The first-order valence-corrected chi connectivity index (χ1v) is 11.6. The van der Waals surface area contributed by atoms with E-state index in [0.717, 1.165) is 12.2 Å². The molecule has 0 aliphatic rings. The maximum absolute atomic E-state index is 11.8. The van der Waals surface area contributed by atoms with Crippen LogP contribution >= 0.6 is 15.2 Å². The molecule has 156 valence electrons. The minimum absolute atomic E-state index is 0.0106. The van der Waals surface area contributed by atoms with Gasteiger partial charge in [-0.2, -0.15) is 0 Å². The number of esters is 1. The van der Waals surface area contributed by atoms with Crippen LogP contribution in [-0.4, -0.2) is 61.4 Å². The zero-order valence-electron chi connectivity index (χ0n) is 15.0. The van der Waals surface area contributed by atoms with Crippen LogP contribution in [0.1, 0.15) is 32.1 Å². The zero-order chi connectivity index (χ0) is 21.1. The van der Waals surface area contributed by atoms with Gasteiger partial charge in [-0.3, -0.25) is 13.9 Å². The lowest BCUT2D eigenvalue weighted by Gasteiger charge is -2.21. The second kappa shape index (κ2) is 12.2. The van der Waals surface area contributed by atoms with Crippen molar-refractivity contribution in [2.45, 2.75) is 37.5 Å². The lowest BCUT2D eigenvalue weighted by molar-refractivity contribution is -0.139. The van der Waals surface area contributed by atoms with Gasteiger partial charge in [-0.05, 0) is 18.9 Å². The molecule has 1 amide bonds. The number of carbonyl (C=O) groups excluding carboxylic acids is 2. The first kappa shape index (κ1) is 25.7. The van der Waals surface area contributed by atoms with Gasteiger partial charge in [-0.1, -0.05) is 32.4 Å². The molecule has 27 heavy (non-hydrogen) atoms. The molecule has 0 saturated heterocycles. The molecule has 0 fully saturated rings. The topological polar surface area (TPSA) is 162 Å². The SMILES string of the molecule is C=CC(=O)OCCN(CCCCCCC(P(=O)(O)O)P(=O)(O)O)C(=O)C=C. The Bertz CT molecular complexity index is 588. The lowest BCUT2D eigenvalue weighted by Crippen LogP contribution is -2.34. The van der Waals surface area contributed by atoms with Crippen LogP contribution in [0.3, 0.4) is 0 Å². The number of amides is 1. The minimum Gasteiger partial charge on any atom is -0.461 e. The van der Waals surface area contributed by atoms with Crippen LogP contribution in [0, 0.1) is 0 Å². The van der Waals surface area contributed by atoms with Crippen molar-refractivity contribution in [2.75, 3.05) is 19.7 Å². The molecule has 0 aliphatic carbocycles. The Morgan fingerprint density at radius 3 is 1.96 bits per heavy atom. The summed E-state index contributed by atoms with van der Waals surface area (Å²) in [5.41, 5.74) is 0. The van der Waals surface area contributed by atoms with Gasteiger partial charge in [0.25, 0.3) is 0 Å². The summed E-state index contributed by atoms with van der Waals surface area (Å²) >= 11 is 0. The molecule has 0 radical (unpaired) electrons. The molecule has 0 saturated carbocycles. The molecule has 10 nitrogen and oxygen atoms in total. The number of rotatable bonds is 14. The normalized spacial score (nSPS) is 11.9. The third kappa shape index (κ3) is 11.2. The van der Waals surface area contributed by atoms with Gasteiger partial charge in [-0.15, -0.1) is 0 Å². The molecule has 0 unspecified atom stereocenters. The Balaban J connectivity index is 4.29. The van der Waals surface area contributed by atoms with Crippen LogP contribution in [0.15, 0.2) is 25.3 Å². The second-order valence-corrected chi connectivity index (χ2v) is 9.77. The van der Waals surface area contributed by atoms with Gasteiger partial charge in [0, 0.05) is 12.6 Å². The molecule has 0 heterocycles. The molecule has 0 atom stereocenters. The lowest BCUT2D eigenvalue weighted by atomic mass is 10.1. The van der Waals surface area contributed by atoms with Gasteiger partial charge in [-0.25, -0.2) is 4.79 Å². The average Bonchev–Trinajstić information content (AvgIpc) is 2.55. The average molecular weight is 427 g/mol. The highest BCUT2D eigenvalue weighted by Gasteiger charge is 2.42. The van der Waals surface area contributed by atoms with Crippen LogP contribution < -0.4 is 0 Å². The van der Waals surface area contributed by atoms with Gasteiger partial charge >= 0.3 is 21.2 Å². The molecule has 0 spiro atoms. The van der Waals surface area contributed by atoms with Crippen LogP contribution in [0.2, 0.25) is 0 Å². The third-order valence-electron chi connectivity index (χ3n) is 3.68. The number of hydrogen-bond donors (Lipinski definition) is 4. The standard InChI is InChI=1S/C15H27NO9P2/c1-3-13(17)16(11-12-25-14(18)4-2)10-8-6-5-7-9-15(26(19,20)21)27(22,23)24/h3-4,15H,1-2,5-12H2,(H2,19,20,21)(H2,22,23,24). The van der Waals surface area contributed by atoms with Crippen molar-refractivity contribution in [1.82, 2.24) is 4.90 Å². The van der Waals surface area contributed by atoms with Crippen molar-refractivity contribution in [3.8, 4) is 0 Å². The van der Waals surface area contributed by atoms with Gasteiger partial charge in [0.1, 0.15) is 6.61 Å². The molecule has 0 aliphatic heterocycles.